The van der Waals surface area contributed by atoms with Gasteiger partial charge in [0.25, 0.3) is 0 Å². The number of ether oxygens (including phenoxy) is 1. The van der Waals surface area contributed by atoms with Gasteiger partial charge in [0, 0.05) is 25.0 Å². The first kappa shape index (κ1) is 16.9. The van der Waals surface area contributed by atoms with E-state index < -0.39 is 0 Å². The summed E-state index contributed by atoms with van der Waals surface area (Å²) in [4.78, 5) is 15.8. The van der Waals surface area contributed by atoms with Crippen LogP contribution in [0.25, 0.3) is 0 Å². The molecule has 2 N–H and O–H groups in total. The van der Waals surface area contributed by atoms with Crippen LogP contribution in [0.15, 0.2) is 36.9 Å². The molecule has 0 radical (unpaired) electrons. The number of rotatable bonds is 7. The first-order valence-electron chi connectivity index (χ1n) is 7.74. The molecule has 2 amide bonds. The Balaban J connectivity index is 1.64. The van der Waals surface area contributed by atoms with Crippen molar-refractivity contribution in [1.29, 1.82) is 0 Å². The molecule has 0 saturated carbocycles. The Morgan fingerprint density at radius 1 is 1.30 bits per heavy atom. The normalized spacial score (nSPS) is 11.8. The zero-order valence-corrected chi connectivity index (χ0v) is 13.9. The van der Waals surface area contributed by atoms with Gasteiger partial charge in [0.15, 0.2) is 0 Å². The summed E-state index contributed by atoms with van der Waals surface area (Å²) < 4.78 is 7.58. The van der Waals surface area contributed by atoms with Crippen LogP contribution >= 0.6 is 0 Å². The third-order valence-corrected chi connectivity index (χ3v) is 3.27. The molecule has 1 unspecified atom stereocenters. The number of nitrogens with one attached hydrogen (secondary N) is 2. The van der Waals surface area contributed by atoms with Crippen molar-refractivity contribution in [3.8, 4) is 5.75 Å². The summed E-state index contributed by atoms with van der Waals surface area (Å²) in [7, 11) is 0. The highest BCUT2D eigenvalue weighted by atomic mass is 16.5. The number of aryl methyl sites for hydroxylation is 2. The van der Waals surface area contributed by atoms with Crippen LogP contribution in [0, 0.1) is 13.8 Å². The van der Waals surface area contributed by atoms with Crippen molar-refractivity contribution < 1.29 is 9.53 Å². The first-order chi connectivity index (χ1) is 11.0. The number of hydrogen-bond donors (Lipinski definition) is 2. The second kappa shape index (κ2) is 8.22. The third-order valence-electron chi connectivity index (χ3n) is 3.27. The molecule has 6 heteroatoms. The predicted molar refractivity (Wildman–Crippen MR) is 89.6 cm³/mol. The van der Waals surface area contributed by atoms with Gasteiger partial charge in [-0.3, -0.25) is 0 Å². The van der Waals surface area contributed by atoms with E-state index in [1.165, 1.54) is 11.1 Å². The Morgan fingerprint density at radius 2 is 2.04 bits per heavy atom. The molecule has 0 saturated heterocycles. The number of benzene rings is 1. The van der Waals surface area contributed by atoms with E-state index in [1.54, 1.807) is 12.5 Å². The highest BCUT2D eigenvalue weighted by molar-refractivity contribution is 5.74. The fourth-order valence-electron chi connectivity index (χ4n) is 2.38. The molecule has 2 aromatic rings. The second-order valence-corrected chi connectivity index (χ2v) is 5.73. The maximum Gasteiger partial charge on any atom is 0.315 e. The van der Waals surface area contributed by atoms with E-state index in [-0.39, 0.29) is 12.1 Å². The summed E-state index contributed by atoms with van der Waals surface area (Å²) in [5, 5.41) is 5.67. The molecule has 0 aliphatic rings. The Bertz CT molecular complexity index is 605. The molecular formula is C17H24N4O2. The fourth-order valence-corrected chi connectivity index (χ4v) is 2.38. The molecule has 6 nitrogen and oxygen atoms in total. The largest absolute Gasteiger partial charge is 0.492 e. The lowest BCUT2D eigenvalue weighted by molar-refractivity contribution is 0.232. The van der Waals surface area contributed by atoms with E-state index in [2.05, 4.69) is 21.7 Å². The van der Waals surface area contributed by atoms with Crippen LogP contribution in [0.4, 0.5) is 4.79 Å². The molecule has 1 heterocycles. The average Bonchev–Trinajstić information content (AvgIpc) is 2.95. The number of urea groups is 1. The van der Waals surface area contributed by atoms with Crippen molar-refractivity contribution >= 4 is 6.03 Å². The van der Waals surface area contributed by atoms with Crippen molar-refractivity contribution in [2.45, 2.75) is 33.4 Å². The van der Waals surface area contributed by atoms with Crippen LogP contribution < -0.4 is 15.4 Å². The number of carbonyl (C=O) groups excluding carboxylic acids is 1. The van der Waals surface area contributed by atoms with Gasteiger partial charge >= 0.3 is 6.03 Å². The Morgan fingerprint density at radius 3 is 2.70 bits per heavy atom. The van der Waals surface area contributed by atoms with Gasteiger partial charge in [0.1, 0.15) is 12.4 Å². The number of hydrogen-bond acceptors (Lipinski definition) is 3. The summed E-state index contributed by atoms with van der Waals surface area (Å²) >= 11 is 0. The molecular weight excluding hydrogens is 292 g/mol. The molecule has 0 fully saturated rings. The van der Waals surface area contributed by atoms with Crippen LogP contribution in [0.1, 0.15) is 18.1 Å². The smallest absolute Gasteiger partial charge is 0.315 e. The lowest BCUT2D eigenvalue weighted by atomic mass is 10.1. The van der Waals surface area contributed by atoms with Crippen molar-refractivity contribution in [1.82, 2.24) is 20.2 Å². The maximum atomic E-state index is 11.8. The molecule has 0 bridgehead atoms. The minimum atomic E-state index is -0.193. The van der Waals surface area contributed by atoms with Crippen molar-refractivity contribution in [2.75, 3.05) is 13.2 Å². The van der Waals surface area contributed by atoms with Crippen LogP contribution in [-0.2, 0) is 6.54 Å². The molecule has 0 spiro atoms. The van der Waals surface area contributed by atoms with Crippen LogP contribution in [0.3, 0.4) is 0 Å². The van der Waals surface area contributed by atoms with E-state index in [4.69, 9.17) is 4.74 Å². The van der Waals surface area contributed by atoms with Gasteiger partial charge in [-0.15, -0.1) is 0 Å². The van der Waals surface area contributed by atoms with E-state index in [9.17, 15) is 4.79 Å². The number of carbonyl (C=O) groups is 1. The molecule has 0 aliphatic heterocycles. The van der Waals surface area contributed by atoms with E-state index in [0.29, 0.717) is 19.7 Å². The second-order valence-electron chi connectivity index (χ2n) is 5.73. The standard InChI is InChI=1S/C17H24N4O2/c1-13-8-14(2)10-16(9-13)23-7-5-19-17(22)20-15(3)11-21-6-4-18-12-21/h4,6,8-10,12,15H,5,7,11H2,1-3H3,(H2,19,20,22). The number of amides is 2. The van der Waals surface area contributed by atoms with Gasteiger partial charge in [-0.25, -0.2) is 9.78 Å². The maximum absolute atomic E-state index is 11.8. The van der Waals surface area contributed by atoms with Gasteiger partial charge in [0.05, 0.1) is 12.9 Å². The van der Waals surface area contributed by atoms with Gasteiger partial charge < -0.3 is 19.9 Å². The summed E-state index contributed by atoms with van der Waals surface area (Å²) in [5.74, 6) is 0.832. The van der Waals surface area contributed by atoms with Gasteiger partial charge in [0.2, 0.25) is 0 Å². The monoisotopic (exact) mass is 316 g/mol. The average molecular weight is 316 g/mol. The van der Waals surface area contributed by atoms with Crippen molar-refractivity contribution in [3.63, 3.8) is 0 Å². The number of nitrogens with zero attached hydrogens (tertiary/aromatic N) is 2. The minimum absolute atomic E-state index is 0.0181. The summed E-state index contributed by atoms with van der Waals surface area (Å²) in [6, 6.07) is 5.90. The zero-order chi connectivity index (χ0) is 16.7. The fraction of sp³-hybridized carbons (Fsp3) is 0.412. The lowest BCUT2D eigenvalue weighted by Crippen LogP contribution is -2.43. The van der Waals surface area contributed by atoms with Gasteiger partial charge in [-0.2, -0.15) is 0 Å². The van der Waals surface area contributed by atoms with E-state index >= 15 is 0 Å². The molecule has 0 aliphatic carbocycles. The number of imidazole rings is 1. The Labute approximate surface area is 136 Å². The predicted octanol–water partition coefficient (Wildman–Crippen LogP) is 2.27. The first-order valence-corrected chi connectivity index (χ1v) is 7.74. The zero-order valence-electron chi connectivity index (χ0n) is 13.9. The summed E-state index contributed by atoms with van der Waals surface area (Å²) in [6.07, 6.45) is 5.32. The van der Waals surface area contributed by atoms with Gasteiger partial charge in [-0.05, 0) is 44.0 Å². The van der Waals surface area contributed by atoms with Crippen LogP contribution in [0.5, 0.6) is 5.75 Å². The topological polar surface area (TPSA) is 68.2 Å². The van der Waals surface area contributed by atoms with Crippen LogP contribution in [-0.4, -0.2) is 34.8 Å². The summed E-state index contributed by atoms with van der Waals surface area (Å²) in [5.41, 5.74) is 2.33. The van der Waals surface area contributed by atoms with Crippen molar-refractivity contribution in [3.05, 3.63) is 48.0 Å². The molecule has 124 valence electrons. The Kier molecular flexibility index (Phi) is 6.02. The van der Waals surface area contributed by atoms with E-state index in [0.717, 1.165) is 5.75 Å². The lowest BCUT2D eigenvalue weighted by Gasteiger charge is -2.15. The quantitative estimate of drug-likeness (QED) is 0.770. The molecule has 23 heavy (non-hydrogen) atoms. The van der Waals surface area contributed by atoms with Crippen LogP contribution in [0.2, 0.25) is 0 Å². The minimum Gasteiger partial charge on any atom is -0.492 e. The number of aromatic nitrogens is 2. The third kappa shape index (κ3) is 6.02. The molecule has 1 aromatic heterocycles. The SMILES string of the molecule is Cc1cc(C)cc(OCCNC(=O)NC(C)Cn2ccnc2)c1. The molecule has 2 rings (SSSR count). The summed E-state index contributed by atoms with van der Waals surface area (Å²) in [6.45, 7) is 7.60. The Hall–Kier alpha value is -2.50. The molecule has 1 atom stereocenters. The van der Waals surface area contributed by atoms with Crippen molar-refractivity contribution in [2.24, 2.45) is 0 Å². The van der Waals surface area contributed by atoms with Gasteiger partial charge in [-0.1, -0.05) is 6.07 Å². The highest BCUT2D eigenvalue weighted by Crippen LogP contribution is 2.15. The highest BCUT2D eigenvalue weighted by Gasteiger charge is 2.07. The van der Waals surface area contributed by atoms with E-state index in [1.807, 2.05) is 43.7 Å². The molecule has 1 aromatic carbocycles.